The number of aliphatic hydroxyl groups is 1. The summed E-state index contributed by atoms with van der Waals surface area (Å²) in [6.07, 6.45) is 2.15. The minimum absolute atomic E-state index is 0.118. The summed E-state index contributed by atoms with van der Waals surface area (Å²) in [5.74, 6) is -0.0423. The van der Waals surface area contributed by atoms with Gasteiger partial charge >= 0.3 is 0 Å². The Morgan fingerprint density at radius 1 is 1.09 bits per heavy atom. The largest absolute Gasteiger partial charge is 0.375 e. The Kier molecular flexibility index (Phi) is 9.06. The lowest BCUT2D eigenvalue weighted by Crippen LogP contribution is -2.42. The molecule has 0 radical (unpaired) electrons. The molecule has 0 bridgehead atoms. The molecule has 0 aliphatic heterocycles. The summed E-state index contributed by atoms with van der Waals surface area (Å²) in [4.78, 5) is 15.6. The summed E-state index contributed by atoms with van der Waals surface area (Å²) in [5.41, 5.74) is 1.50. The van der Waals surface area contributed by atoms with Crippen LogP contribution in [0.25, 0.3) is 0 Å². The highest BCUT2D eigenvalue weighted by atomic mass is 35.5. The Morgan fingerprint density at radius 3 is 2.46 bits per heavy atom. The molecule has 0 aliphatic carbocycles. The van der Waals surface area contributed by atoms with E-state index in [2.05, 4.69) is 43.4 Å². The second-order valence-electron chi connectivity index (χ2n) is 9.38. The zero-order valence-corrected chi connectivity index (χ0v) is 21.2. The van der Waals surface area contributed by atoms with Crippen molar-refractivity contribution in [3.63, 3.8) is 0 Å². The summed E-state index contributed by atoms with van der Waals surface area (Å²) < 4.78 is 0. The van der Waals surface area contributed by atoms with Gasteiger partial charge in [-0.15, -0.1) is 0 Å². The van der Waals surface area contributed by atoms with Gasteiger partial charge in [0, 0.05) is 12.1 Å². The van der Waals surface area contributed by atoms with Crippen molar-refractivity contribution in [2.24, 2.45) is 5.92 Å². The molecule has 0 fully saturated rings. The van der Waals surface area contributed by atoms with Crippen LogP contribution in [-0.4, -0.2) is 36.6 Å². The molecule has 2 unspecified atom stereocenters. The summed E-state index contributed by atoms with van der Waals surface area (Å²) >= 11 is 6.13. The summed E-state index contributed by atoms with van der Waals surface area (Å²) in [6, 6.07) is 23.7. The van der Waals surface area contributed by atoms with E-state index >= 15 is 0 Å². The van der Waals surface area contributed by atoms with Crippen LogP contribution in [0, 0.1) is 17.2 Å². The number of hydrogen-bond acceptors (Lipinski definition) is 4. The highest BCUT2D eigenvalue weighted by Crippen LogP contribution is 2.29. The minimum atomic E-state index is -1.79. The van der Waals surface area contributed by atoms with Crippen LogP contribution in [0.4, 0.5) is 5.69 Å². The van der Waals surface area contributed by atoms with Crippen molar-refractivity contribution in [2.45, 2.75) is 31.8 Å². The molecule has 1 amide bonds. The normalized spacial score (nSPS) is 13.6. The molecular formula is C29H32ClN3O2. The van der Waals surface area contributed by atoms with Gasteiger partial charge in [0.2, 0.25) is 0 Å². The number of nitriles is 1. The van der Waals surface area contributed by atoms with Crippen molar-refractivity contribution in [1.29, 1.82) is 5.26 Å². The number of benzene rings is 3. The van der Waals surface area contributed by atoms with Gasteiger partial charge in [-0.25, -0.2) is 0 Å². The van der Waals surface area contributed by atoms with Crippen molar-refractivity contribution in [3.8, 4) is 6.07 Å². The van der Waals surface area contributed by atoms with Gasteiger partial charge in [0.1, 0.15) is 6.07 Å². The average molecular weight is 490 g/mol. The number of halogens is 1. The molecular weight excluding hydrogens is 458 g/mol. The van der Waals surface area contributed by atoms with Gasteiger partial charge in [-0.1, -0.05) is 73.1 Å². The van der Waals surface area contributed by atoms with Gasteiger partial charge in [-0.3, -0.25) is 4.79 Å². The molecule has 3 aromatic carbocycles. The van der Waals surface area contributed by atoms with Gasteiger partial charge in [-0.2, -0.15) is 5.26 Å². The first-order valence-electron chi connectivity index (χ1n) is 11.7. The number of nitrogens with zero attached hydrogens (tertiary/aromatic N) is 2. The Morgan fingerprint density at radius 2 is 1.80 bits per heavy atom. The Balaban J connectivity index is 1.85. The lowest BCUT2D eigenvalue weighted by molar-refractivity contribution is -0.135. The number of carbonyl (C=O) groups excluding carboxylic acids is 1. The van der Waals surface area contributed by atoms with Gasteiger partial charge in [0.25, 0.3) is 5.91 Å². The first-order valence-corrected chi connectivity index (χ1v) is 12.1. The molecule has 0 saturated heterocycles. The molecule has 0 heterocycles. The summed E-state index contributed by atoms with van der Waals surface area (Å²) in [5, 5.41) is 23.9. The zero-order chi connectivity index (χ0) is 25.4. The van der Waals surface area contributed by atoms with Crippen LogP contribution >= 0.6 is 11.6 Å². The monoisotopic (exact) mass is 489 g/mol. The van der Waals surface area contributed by atoms with E-state index in [1.807, 2.05) is 24.3 Å². The van der Waals surface area contributed by atoms with E-state index in [1.165, 1.54) is 11.6 Å². The molecule has 2 N–H and O–H groups in total. The maximum absolute atomic E-state index is 13.4. The van der Waals surface area contributed by atoms with Crippen molar-refractivity contribution >= 4 is 23.2 Å². The Labute approximate surface area is 213 Å². The van der Waals surface area contributed by atoms with E-state index in [-0.39, 0.29) is 11.4 Å². The topological polar surface area (TPSA) is 76.4 Å². The molecule has 0 aromatic heterocycles. The third-order valence-corrected chi connectivity index (χ3v) is 6.39. The zero-order valence-electron chi connectivity index (χ0n) is 20.5. The van der Waals surface area contributed by atoms with Crippen molar-refractivity contribution in [2.75, 3.05) is 26.0 Å². The number of hydrogen-bond donors (Lipinski definition) is 2. The van der Waals surface area contributed by atoms with E-state index in [1.54, 1.807) is 36.4 Å². The number of rotatable bonds is 10. The van der Waals surface area contributed by atoms with Gasteiger partial charge in [0.15, 0.2) is 5.60 Å². The highest BCUT2D eigenvalue weighted by molar-refractivity contribution is 6.32. The van der Waals surface area contributed by atoms with Crippen molar-refractivity contribution in [3.05, 3.63) is 100 Å². The van der Waals surface area contributed by atoms with Crippen LogP contribution in [0.2, 0.25) is 5.02 Å². The molecule has 0 aliphatic rings. The summed E-state index contributed by atoms with van der Waals surface area (Å²) in [6.45, 7) is 3.28. The molecule has 0 saturated carbocycles. The molecule has 3 rings (SSSR count). The first-order chi connectivity index (χ1) is 16.7. The van der Waals surface area contributed by atoms with Crippen molar-refractivity contribution in [1.82, 2.24) is 4.90 Å². The molecule has 182 valence electrons. The molecule has 2 atom stereocenters. The number of anilines is 1. The summed E-state index contributed by atoms with van der Waals surface area (Å²) in [7, 11) is 4.16. The quantitative estimate of drug-likeness (QED) is 0.399. The fourth-order valence-corrected chi connectivity index (χ4v) is 4.31. The molecule has 3 aromatic rings. The predicted octanol–water partition coefficient (Wildman–Crippen LogP) is 5.41. The van der Waals surface area contributed by atoms with E-state index < -0.39 is 11.5 Å². The number of carbonyl (C=O) groups is 1. The molecule has 0 spiro atoms. The van der Waals surface area contributed by atoms with Gasteiger partial charge in [0.05, 0.1) is 10.6 Å². The second kappa shape index (κ2) is 12.0. The third-order valence-electron chi connectivity index (χ3n) is 6.08. The second-order valence-corrected chi connectivity index (χ2v) is 9.79. The molecule has 5 nitrogen and oxygen atoms in total. The molecule has 6 heteroatoms. The van der Waals surface area contributed by atoms with Crippen LogP contribution in [0.15, 0.2) is 72.8 Å². The fourth-order valence-electron chi connectivity index (χ4n) is 4.09. The smallest absolute Gasteiger partial charge is 0.261 e. The van der Waals surface area contributed by atoms with Crippen LogP contribution in [-0.2, 0) is 23.2 Å². The van der Waals surface area contributed by atoms with Crippen molar-refractivity contribution < 1.29 is 9.90 Å². The van der Waals surface area contributed by atoms with Crippen LogP contribution in [0.1, 0.15) is 35.6 Å². The Hall–Kier alpha value is -3.17. The van der Waals surface area contributed by atoms with Crippen LogP contribution in [0.3, 0.4) is 0 Å². The number of amides is 1. The van der Waals surface area contributed by atoms with E-state index in [0.29, 0.717) is 22.7 Å². The lowest BCUT2D eigenvalue weighted by Gasteiger charge is -2.28. The Bertz CT molecular complexity index is 1190. The maximum atomic E-state index is 13.4. The molecule has 35 heavy (non-hydrogen) atoms. The van der Waals surface area contributed by atoms with Gasteiger partial charge in [-0.05, 0) is 74.3 Å². The van der Waals surface area contributed by atoms with Crippen LogP contribution in [0.5, 0.6) is 0 Å². The number of nitrogens with one attached hydrogen (secondary N) is 1. The predicted molar refractivity (Wildman–Crippen MR) is 141 cm³/mol. The SMILES string of the molecule is CC(CCN(C)C)Cc1cccc(CC(O)(C(=O)Nc2ccc(C#N)c(Cl)c2)c2ccccc2)c1. The first kappa shape index (κ1) is 26.4. The highest BCUT2D eigenvalue weighted by Gasteiger charge is 2.38. The van der Waals surface area contributed by atoms with Gasteiger partial charge < -0.3 is 15.3 Å². The van der Waals surface area contributed by atoms with Crippen LogP contribution < -0.4 is 5.32 Å². The third kappa shape index (κ3) is 7.16. The minimum Gasteiger partial charge on any atom is -0.375 e. The van der Waals surface area contributed by atoms with E-state index in [9.17, 15) is 9.90 Å². The maximum Gasteiger partial charge on any atom is 0.261 e. The standard InChI is InChI=1S/C29H32ClN3O2/c1-21(14-15-33(2)3)16-22-8-7-9-23(17-22)19-29(35,25-10-5-4-6-11-25)28(34)32-26-13-12-24(20-31)27(30)18-26/h4-13,17-18,21,35H,14-16,19H2,1-3H3,(H,32,34). The fraction of sp³-hybridized carbons (Fsp3) is 0.310. The average Bonchev–Trinajstić information content (AvgIpc) is 2.83. The lowest BCUT2D eigenvalue weighted by atomic mass is 9.85. The van der Waals surface area contributed by atoms with E-state index in [0.717, 1.165) is 24.9 Å². The van der Waals surface area contributed by atoms with E-state index in [4.69, 9.17) is 16.9 Å².